The minimum atomic E-state index is 0.820. The summed E-state index contributed by atoms with van der Waals surface area (Å²) < 4.78 is 0. The second kappa shape index (κ2) is 8.13. The van der Waals surface area contributed by atoms with E-state index < -0.39 is 0 Å². The van der Waals surface area contributed by atoms with Gasteiger partial charge in [-0.2, -0.15) is 11.3 Å². The lowest BCUT2D eigenvalue weighted by atomic mass is 10.00. The largest absolute Gasteiger partial charge is 0.355 e. The van der Waals surface area contributed by atoms with Crippen molar-refractivity contribution in [2.75, 3.05) is 26.7 Å². The van der Waals surface area contributed by atoms with Gasteiger partial charge in [0.2, 0.25) is 0 Å². The van der Waals surface area contributed by atoms with Crippen LogP contribution in [0.3, 0.4) is 0 Å². The quantitative estimate of drug-likeness (QED) is 0.654. The predicted octanol–water partition coefficient (Wildman–Crippen LogP) is 2.47. The lowest BCUT2D eigenvalue weighted by Gasteiger charge is -2.28. The zero-order chi connectivity index (χ0) is 15.9. The van der Waals surface area contributed by atoms with E-state index in [-0.39, 0.29) is 0 Å². The molecule has 0 amide bonds. The van der Waals surface area contributed by atoms with Gasteiger partial charge in [-0.15, -0.1) is 0 Å². The highest BCUT2D eigenvalue weighted by Crippen LogP contribution is 2.17. The molecule has 1 aliphatic rings. The van der Waals surface area contributed by atoms with E-state index in [4.69, 9.17) is 0 Å². The van der Waals surface area contributed by atoms with Gasteiger partial charge >= 0.3 is 0 Å². The zero-order valence-electron chi connectivity index (χ0n) is 13.6. The normalized spacial score (nSPS) is 15.3. The number of fused-ring (bicyclic) bond motifs is 1. The summed E-state index contributed by atoms with van der Waals surface area (Å²) in [6, 6.07) is 10.9. The maximum absolute atomic E-state index is 4.29. The van der Waals surface area contributed by atoms with Crippen molar-refractivity contribution in [1.82, 2.24) is 15.5 Å². The van der Waals surface area contributed by atoms with Crippen LogP contribution in [0.15, 0.2) is 46.1 Å². The number of nitrogens with one attached hydrogen (secondary N) is 2. The highest BCUT2D eigenvalue weighted by atomic mass is 32.1. The number of guanidine groups is 1. The van der Waals surface area contributed by atoms with Crippen LogP contribution in [0.25, 0.3) is 0 Å². The molecule has 1 aliphatic heterocycles. The van der Waals surface area contributed by atoms with Gasteiger partial charge < -0.3 is 10.6 Å². The minimum absolute atomic E-state index is 0.820. The molecular weight excluding hydrogens is 304 g/mol. The Balaban J connectivity index is 1.40. The van der Waals surface area contributed by atoms with Crippen LogP contribution in [-0.4, -0.2) is 37.5 Å². The summed E-state index contributed by atoms with van der Waals surface area (Å²) in [6.07, 6.45) is 1.15. The molecule has 0 saturated carbocycles. The molecule has 2 N–H and O–H groups in total. The van der Waals surface area contributed by atoms with Crippen molar-refractivity contribution in [1.29, 1.82) is 0 Å². The third-order valence-corrected chi connectivity index (χ3v) is 4.93. The summed E-state index contributed by atoms with van der Waals surface area (Å²) in [5.74, 6) is 0.869. The van der Waals surface area contributed by atoms with E-state index in [9.17, 15) is 0 Å². The van der Waals surface area contributed by atoms with Gasteiger partial charge in [-0.05, 0) is 39.9 Å². The molecule has 5 heteroatoms. The Morgan fingerprint density at radius 2 is 2.09 bits per heavy atom. The molecule has 23 heavy (non-hydrogen) atoms. The molecule has 1 aromatic heterocycles. The van der Waals surface area contributed by atoms with E-state index in [2.05, 4.69) is 61.6 Å². The first kappa shape index (κ1) is 16.0. The first-order valence-corrected chi connectivity index (χ1v) is 9.04. The summed E-state index contributed by atoms with van der Waals surface area (Å²) in [5.41, 5.74) is 4.27. The van der Waals surface area contributed by atoms with Crippen molar-refractivity contribution >= 4 is 17.3 Å². The Morgan fingerprint density at radius 1 is 1.22 bits per heavy atom. The Bertz CT molecular complexity index is 636. The van der Waals surface area contributed by atoms with Gasteiger partial charge in [-0.3, -0.25) is 9.89 Å². The number of hydrogen-bond acceptors (Lipinski definition) is 3. The monoisotopic (exact) mass is 328 g/mol. The number of benzene rings is 1. The highest BCUT2D eigenvalue weighted by molar-refractivity contribution is 7.07. The molecule has 0 saturated heterocycles. The second-order valence-corrected chi connectivity index (χ2v) is 6.56. The van der Waals surface area contributed by atoms with E-state index in [1.54, 1.807) is 11.3 Å². The molecule has 2 aromatic rings. The van der Waals surface area contributed by atoms with Gasteiger partial charge in [0.1, 0.15) is 0 Å². The van der Waals surface area contributed by atoms with E-state index in [0.717, 1.165) is 45.1 Å². The smallest absolute Gasteiger partial charge is 0.191 e. The van der Waals surface area contributed by atoms with Crippen molar-refractivity contribution in [2.45, 2.75) is 19.5 Å². The number of thiophene rings is 1. The molecule has 0 bridgehead atoms. The Kier molecular flexibility index (Phi) is 5.66. The second-order valence-electron chi connectivity index (χ2n) is 5.78. The van der Waals surface area contributed by atoms with Crippen molar-refractivity contribution in [3.8, 4) is 0 Å². The Labute approximate surface area is 142 Å². The van der Waals surface area contributed by atoms with Crippen LogP contribution in [0.1, 0.15) is 16.7 Å². The van der Waals surface area contributed by atoms with E-state index in [1.807, 2.05) is 7.05 Å². The first-order valence-electron chi connectivity index (χ1n) is 8.10. The van der Waals surface area contributed by atoms with Gasteiger partial charge in [-0.25, -0.2) is 0 Å². The maximum Gasteiger partial charge on any atom is 0.191 e. The Morgan fingerprint density at radius 3 is 2.87 bits per heavy atom. The number of nitrogens with zero attached hydrogens (tertiary/aromatic N) is 2. The summed E-state index contributed by atoms with van der Waals surface area (Å²) >= 11 is 1.72. The summed E-state index contributed by atoms with van der Waals surface area (Å²) in [4.78, 5) is 6.79. The van der Waals surface area contributed by atoms with Gasteiger partial charge in [-0.1, -0.05) is 24.3 Å². The van der Waals surface area contributed by atoms with E-state index >= 15 is 0 Å². The van der Waals surface area contributed by atoms with Crippen LogP contribution in [0.5, 0.6) is 0 Å². The van der Waals surface area contributed by atoms with E-state index in [0.29, 0.717) is 0 Å². The molecule has 0 spiro atoms. The van der Waals surface area contributed by atoms with Crippen molar-refractivity contribution in [3.63, 3.8) is 0 Å². The van der Waals surface area contributed by atoms with Crippen molar-refractivity contribution in [3.05, 3.63) is 57.8 Å². The topological polar surface area (TPSA) is 39.7 Å². The predicted molar refractivity (Wildman–Crippen MR) is 97.9 cm³/mol. The van der Waals surface area contributed by atoms with Crippen LogP contribution in [0.4, 0.5) is 0 Å². The molecule has 0 fully saturated rings. The van der Waals surface area contributed by atoms with Gasteiger partial charge in [0.15, 0.2) is 5.96 Å². The number of aliphatic imine (C=N–C) groups is 1. The average molecular weight is 328 g/mol. The van der Waals surface area contributed by atoms with Crippen LogP contribution in [-0.2, 0) is 19.5 Å². The SMILES string of the molecule is CN=C(NCCN1CCc2ccccc2C1)NCc1ccsc1. The fourth-order valence-corrected chi connectivity index (χ4v) is 3.55. The van der Waals surface area contributed by atoms with Crippen molar-refractivity contribution in [2.24, 2.45) is 4.99 Å². The van der Waals surface area contributed by atoms with Crippen LogP contribution < -0.4 is 10.6 Å². The van der Waals surface area contributed by atoms with Crippen molar-refractivity contribution < 1.29 is 0 Å². The molecule has 2 heterocycles. The Hall–Kier alpha value is -1.85. The average Bonchev–Trinajstić information content (AvgIpc) is 3.11. The zero-order valence-corrected chi connectivity index (χ0v) is 14.4. The number of hydrogen-bond donors (Lipinski definition) is 2. The molecule has 122 valence electrons. The summed E-state index contributed by atoms with van der Waals surface area (Å²) in [7, 11) is 1.82. The molecule has 0 aliphatic carbocycles. The lowest BCUT2D eigenvalue weighted by Crippen LogP contribution is -2.42. The number of rotatable bonds is 5. The molecule has 0 unspecified atom stereocenters. The third-order valence-electron chi connectivity index (χ3n) is 4.19. The molecule has 0 atom stereocenters. The van der Waals surface area contributed by atoms with E-state index in [1.165, 1.54) is 16.7 Å². The van der Waals surface area contributed by atoms with Gasteiger partial charge in [0.25, 0.3) is 0 Å². The fraction of sp³-hybridized carbons (Fsp3) is 0.389. The maximum atomic E-state index is 4.29. The van der Waals surface area contributed by atoms with Crippen LogP contribution >= 0.6 is 11.3 Å². The molecular formula is C18H24N4S. The van der Waals surface area contributed by atoms with Gasteiger partial charge in [0.05, 0.1) is 0 Å². The molecule has 0 radical (unpaired) electrons. The lowest BCUT2D eigenvalue weighted by molar-refractivity contribution is 0.258. The fourth-order valence-electron chi connectivity index (χ4n) is 2.88. The molecule has 1 aromatic carbocycles. The molecule has 3 rings (SSSR count). The van der Waals surface area contributed by atoms with Gasteiger partial charge in [0, 0.05) is 39.8 Å². The summed E-state index contributed by atoms with van der Waals surface area (Å²) in [5, 5.41) is 11.0. The minimum Gasteiger partial charge on any atom is -0.355 e. The molecule has 4 nitrogen and oxygen atoms in total. The third kappa shape index (κ3) is 4.56. The summed E-state index contributed by atoms with van der Waals surface area (Å²) in [6.45, 7) is 4.96. The first-order chi connectivity index (χ1) is 11.3. The van der Waals surface area contributed by atoms with Crippen LogP contribution in [0, 0.1) is 0 Å². The highest BCUT2D eigenvalue weighted by Gasteiger charge is 2.14. The standard InChI is InChI=1S/C18H24N4S/c1-19-18(21-12-15-7-11-23-14-15)20-8-10-22-9-6-16-4-2-3-5-17(16)13-22/h2-5,7,11,14H,6,8-10,12-13H2,1H3,(H2,19,20,21). The van der Waals surface area contributed by atoms with Crippen LogP contribution in [0.2, 0.25) is 0 Å².